The Kier molecular flexibility index (Phi) is 7.93. The Morgan fingerprint density at radius 1 is 1.38 bits per heavy atom. The summed E-state index contributed by atoms with van der Waals surface area (Å²) in [6.45, 7) is 3.79. The first-order chi connectivity index (χ1) is 12.4. The number of hydrogen-bond donors (Lipinski definition) is 3. The zero-order chi connectivity index (χ0) is 19.1. The van der Waals surface area contributed by atoms with Crippen molar-refractivity contribution in [3.63, 3.8) is 0 Å². The average Bonchev–Trinajstić information content (AvgIpc) is 3.10. The molecular formula is C22H32O4. The van der Waals surface area contributed by atoms with Crippen LogP contribution < -0.4 is 0 Å². The molecule has 0 unspecified atom stereocenters. The Bertz CT molecular complexity index is 595. The molecule has 0 saturated heterocycles. The minimum Gasteiger partial charge on any atom is -0.481 e. The van der Waals surface area contributed by atoms with Gasteiger partial charge < -0.3 is 15.3 Å². The predicted octanol–water partition coefficient (Wildman–Crippen LogP) is 3.54. The second-order valence-electron chi connectivity index (χ2n) is 7.84. The van der Waals surface area contributed by atoms with Crippen molar-refractivity contribution in [2.24, 2.45) is 23.7 Å². The van der Waals surface area contributed by atoms with Crippen molar-refractivity contribution in [3.8, 4) is 11.8 Å². The van der Waals surface area contributed by atoms with E-state index in [2.05, 4.69) is 17.9 Å². The Labute approximate surface area is 157 Å². The van der Waals surface area contributed by atoms with E-state index in [0.717, 1.165) is 25.7 Å². The van der Waals surface area contributed by atoms with Crippen LogP contribution in [0.5, 0.6) is 0 Å². The van der Waals surface area contributed by atoms with Crippen LogP contribution in [0.1, 0.15) is 58.8 Å². The van der Waals surface area contributed by atoms with Crippen LogP contribution in [0.15, 0.2) is 23.8 Å². The first kappa shape index (κ1) is 20.7. The summed E-state index contributed by atoms with van der Waals surface area (Å²) >= 11 is 0. The number of fused-ring (bicyclic) bond motifs is 1. The van der Waals surface area contributed by atoms with Crippen molar-refractivity contribution >= 4 is 5.97 Å². The first-order valence-electron chi connectivity index (χ1n) is 9.76. The number of carboxylic acid groups (broad SMARTS) is 1. The second kappa shape index (κ2) is 9.94. The van der Waals surface area contributed by atoms with E-state index in [-0.39, 0.29) is 24.4 Å². The quantitative estimate of drug-likeness (QED) is 0.351. The maximum Gasteiger partial charge on any atom is 0.303 e. The Hall–Kier alpha value is -1.57. The molecule has 144 valence electrons. The number of aliphatic carboxylic acids is 1. The average molecular weight is 360 g/mol. The number of carbonyl (C=O) groups is 1. The lowest BCUT2D eigenvalue weighted by Crippen LogP contribution is -2.19. The van der Waals surface area contributed by atoms with Gasteiger partial charge in [-0.2, -0.15) is 0 Å². The van der Waals surface area contributed by atoms with Crippen molar-refractivity contribution in [1.29, 1.82) is 0 Å². The number of allylic oxidation sites excluding steroid dienone is 2. The van der Waals surface area contributed by atoms with Gasteiger partial charge in [-0.05, 0) is 56.8 Å². The standard InChI is InChI=1S/C22H32O4/c1-3-4-7-15(2)20(23)11-10-18-19-13-16(8-5-6-9-22(25)26)12-17(19)14-21(18)24/h8,10-11,15,17-21,23-24H,5-7,9,12-14H2,1-2H3,(H,25,26)/b11-10+,16-8+/t15-,17-,18+,19-,20+,21+/m0/s1. The summed E-state index contributed by atoms with van der Waals surface area (Å²) in [4.78, 5) is 10.6. The molecular weight excluding hydrogens is 328 g/mol. The molecule has 0 radical (unpaired) electrons. The van der Waals surface area contributed by atoms with Crippen molar-refractivity contribution < 1.29 is 20.1 Å². The van der Waals surface area contributed by atoms with Gasteiger partial charge in [0.15, 0.2) is 0 Å². The summed E-state index contributed by atoms with van der Waals surface area (Å²) in [5.41, 5.74) is 1.41. The summed E-state index contributed by atoms with van der Waals surface area (Å²) < 4.78 is 0. The Balaban J connectivity index is 1.89. The molecule has 0 spiro atoms. The lowest BCUT2D eigenvalue weighted by molar-refractivity contribution is -0.137. The summed E-state index contributed by atoms with van der Waals surface area (Å²) in [6, 6.07) is 0. The van der Waals surface area contributed by atoms with Crippen LogP contribution in [0.3, 0.4) is 0 Å². The van der Waals surface area contributed by atoms with E-state index >= 15 is 0 Å². The lowest BCUT2D eigenvalue weighted by Gasteiger charge is -2.19. The third-order valence-electron chi connectivity index (χ3n) is 5.85. The number of unbranched alkanes of at least 4 members (excludes halogenated alkanes) is 1. The van der Waals surface area contributed by atoms with Gasteiger partial charge in [-0.3, -0.25) is 4.79 Å². The molecule has 0 heterocycles. The van der Waals surface area contributed by atoms with E-state index in [0.29, 0.717) is 24.7 Å². The van der Waals surface area contributed by atoms with Crippen molar-refractivity contribution in [2.45, 2.75) is 71.0 Å². The zero-order valence-corrected chi connectivity index (χ0v) is 15.9. The SMILES string of the molecule is CC#CC[C@H](C)[C@H](O)/C=C/[C@@H]1[C@H]2C/C(=C/CCCC(=O)O)C[C@H]2C[C@H]1O. The molecule has 26 heavy (non-hydrogen) atoms. The summed E-state index contributed by atoms with van der Waals surface area (Å²) in [5.74, 6) is 6.25. The van der Waals surface area contributed by atoms with Crippen LogP contribution in [-0.2, 0) is 4.79 Å². The Morgan fingerprint density at radius 3 is 2.85 bits per heavy atom. The van der Waals surface area contributed by atoms with Crippen molar-refractivity contribution in [3.05, 3.63) is 23.8 Å². The first-order valence-corrected chi connectivity index (χ1v) is 9.76. The van der Waals surface area contributed by atoms with E-state index in [9.17, 15) is 15.0 Å². The highest BCUT2D eigenvalue weighted by Crippen LogP contribution is 2.50. The van der Waals surface area contributed by atoms with E-state index in [1.54, 1.807) is 6.92 Å². The molecule has 0 aromatic heterocycles. The molecule has 6 atom stereocenters. The third-order valence-corrected chi connectivity index (χ3v) is 5.85. The topological polar surface area (TPSA) is 77.8 Å². The summed E-state index contributed by atoms with van der Waals surface area (Å²) in [6.07, 6.45) is 10.4. The van der Waals surface area contributed by atoms with Gasteiger partial charge in [-0.1, -0.05) is 30.7 Å². The van der Waals surface area contributed by atoms with Gasteiger partial charge >= 0.3 is 5.97 Å². The van der Waals surface area contributed by atoms with E-state index in [1.807, 2.05) is 19.1 Å². The van der Waals surface area contributed by atoms with Crippen molar-refractivity contribution in [2.75, 3.05) is 0 Å². The van der Waals surface area contributed by atoms with E-state index < -0.39 is 12.1 Å². The molecule has 0 amide bonds. The van der Waals surface area contributed by atoms with Gasteiger partial charge in [0.25, 0.3) is 0 Å². The molecule has 2 rings (SSSR count). The van der Waals surface area contributed by atoms with Crippen LogP contribution in [-0.4, -0.2) is 33.5 Å². The fourth-order valence-electron chi connectivity index (χ4n) is 4.31. The number of rotatable bonds is 8. The number of carboxylic acids is 1. The van der Waals surface area contributed by atoms with Gasteiger partial charge in [-0.15, -0.1) is 11.8 Å². The summed E-state index contributed by atoms with van der Waals surface area (Å²) in [5, 5.41) is 29.4. The molecule has 0 bridgehead atoms. The molecule has 2 aliphatic carbocycles. The molecule has 2 saturated carbocycles. The van der Waals surface area contributed by atoms with Crippen molar-refractivity contribution in [1.82, 2.24) is 0 Å². The molecule has 2 aliphatic rings. The van der Waals surface area contributed by atoms with Crippen LogP contribution in [0, 0.1) is 35.5 Å². The largest absolute Gasteiger partial charge is 0.481 e. The Morgan fingerprint density at radius 2 is 2.15 bits per heavy atom. The minimum absolute atomic E-state index is 0.0845. The normalized spacial score (nSPS) is 31.6. The maximum atomic E-state index is 10.6. The van der Waals surface area contributed by atoms with Crippen LogP contribution in [0.2, 0.25) is 0 Å². The molecule has 4 heteroatoms. The van der Waals surface area contributed by atoms with Crippen LogP contribution in [0.4, 0.5) is 0 Å². The second-order valence-corrected chi connectivity index (χ2v) is 7.84. The molecule has 0 aromatic carbocycles. The highest BCUT2D eigenvalue weighted by molar-refractivity contribution is 5.66. The highest BCUT2D eigenvalue weighted by atomic mass is 16.4. The fraction of sp³-hybridized carbons (Fsp3) is 0.682. The number of aliphatic hydroxyl groups is 2. The van der Waals surface area contributed by atoms with E-state index in [1.165, 1.54) is 5.57 Å². The minimum atomic E-state index is -0.738. The third kappa shape index (κ3) is 5.72. The monoisotopic (exact) mass is 360 g/mol. The molecule has 0 aromatic rings. The molecule has 0 aliphatic heterocycles. The number of aliphatic hydroxyl groups excluding tert-OH is 2. The molecule has 2 fully saturated rings. The highest BCUT2D eigenvalue weighted by Gasteiger charge is 2.44. The van der Waals surface area contributed by atoms with Crippen LogP contribution in [0.25, 0.3) is 0 Å². The van der Waals surface area contributed by atoms with Crippen LogP contribution >= 0.6 is 0 Å². The van der Waals surface area contributed by atoms with E-state index in [4.69, 9.17) is 5.11 Å². The smallest absolute Gasteiger partial charge is 0.303 e. The maximum absolute atomic E-state index is 10.6. The van der Waals surface area contributed by atoms with Gasteiger partial charge in [0.05, 0.1) is 12.2 Å². The summed E-state index contributed by atoms with van der Waals surface area (Å²) in [7, 11) is 0. The predicted molar refractivity (Wildman–Crippen MR) is 102 cm³/mol. The van der Waals surface area contributed by atoms with Gasteiger partial charge in [-0.25, -0.2) is 0 Å². The molecule has 4 nitrogen and oxygen atoms in total. The number of hydrogen-bond acceptors (Lipinski definition) is 3. The van der Waals surface area contributed by atoms with Gasteiger partial charge in [0.1, 0.15) is 0 Å². The fourth-order valence-corrected chi connectivity index (χ4v) is 4.31. The zero-order valence-electron chi connectivity index (χ0n) is 15.9. The lowest BCUT2D eigenvalue weighted by atomic mass is 9.89. The van der Waals surface area contributed by atoms with Gasteiger partial charge in [0.2, 0.25) is 0 Å². The molecule has 3 N–H and O–H groups in total. The van der Waals surface area contributed by atoms with Gasteiger partial charge in [0, 0.05) is 18.8 Å².